The molecule has 3 nitrogen and oxygen atoms in total. The van der Waals surface area contributed by atoms with Crippen LogP contribution in [0.3, 0.4) is 0 Å². The molecule has 0 radical (unpaired) electrons. The van der Waals surface area contributed by atoms with Crippen molar-refractivity contribution in [3.8, 4) is 0 Å². The summed E-state index contributed by atoms with van der Waals surface area (Å²) in [5, 5.41) is 2.56. The summed E-state index contributed by atoms with van der Waals surface area (Å²) in [5.41, 5.74) is 0.998. The summed E-state index contributed by atoms with van der Waals surface area (Å²) in [6, 6.07) is 3.86. The number of thiocarbonyl (C=S) groups is 1. The predicted molar refractivity (Wildman–Crippen MR) is 66.2 cm³/mol. The lowest BCUT2D eigenvalue weighted by atomic mass is 10.3. The van der Waals surface area contributed by atoms with Crippen LogP contribution < -0.4 is 5.32 Å². The van der Waals surface area contributed by atoms with Crippen LogP contribution in [0.1, 0.15) is 5.69 Å². The SMILES string of the molecule is O=C1NC(=S)SC1=CC=Cc1ccc[nH]1. The topological polar surface area (TPSA) is 44.9 Å². The molecule has 2 N–H and O–H groups in total. The van der Waals surface area contributed by atoms with Crippen molar-refractivity contribution >= 4 is 40.3 Å². The largest absolute Gasteiger partial charge is 0.362 e. The molecule has 5 heteroatoms. The van der Waals surface area contributed by atoms with Gasteiger partial charge in [-0.15, -0.1) is 0 Å². The van der Waals surface area contributed by atoms with E-state index in [0.717, 1.165) is 5.69 Å². The standard InChI is InChI=1S/C10H8N2OS2/c13-9-8(15-10(14)12-9)5-1-3-7-4-2-6-11-7/h1-6,11H,(H,12,13,14). The van der Waals surface area contributed by atoms with Crippen LogP contribution in [0, 0.1) is 0 Å². The first-order valence-corrected chi connectivity index (χ1v) is 5.53. The number of aromatic nitrogens is 1. The number of carbonyl (C=O) groups is 1. The molecule has 2 heterocycles. The van der Waals surface area contributed by atoms with Gasteiger partial charge in [0.05, 0.1) is 4.91 Å². The van der Waals surface area contributed by atoms with Gasteiger partial charge in [0.15, 0.2) is 0 Å². The van der Waals surface area contributed by atoms with E-state index in [2.05, 4.69) is 10.3 Å². The zero-order chi connectivity index (χ0) is 10.7. The summed E-state index contributed by atoms with van der Waals surface area (Å²) in [6.07, 6.45) is 7.31. The van der Waals surface area contributed by atoms with E-state index in [1.807, 2.05) is 30.5 Å². The van der Waals surface area contributed by atoms with Gasteiger partial charge in [0.2, 0.25) is 0 Å². The highest BCUT2D eigenvalue weighted by atomic mass is 32.2. The molecular formula is C10H8N2OS2. The van der Waals surface area contributed by atoms with Crippen molar-refractivity contribution in [2.45, 2.75) is 0 Å². The number of hydrogen-bond acceptors (Lipinski definition) is 3. The predicted octanol–water partition coefficient (Wildman–Crippen LogP) is 2.06. The Hall–Kier alpha value is -1.33. The van der Waals surface area contributed by atoms with Crippen LogP contribution in [0.25, 0.3) is 6.08 Å². The van der Waals surface area contributed by atoms with Crippen LogP contribution in [-0.2, 0) is 4.79 Å². The van der Waals surface area contributed by atoms with Gasteiger partial charge in [-0.2, -0.15) is 0 Å². The second kappa shape index (κ2) is 4.46. The Bertz CT molecular complexity index is 446. The molecule has 1 saturated heterocycles. The fourth-order valence-corrected chi connectivity index (χ4v) is 2.12. The van der Waals surface area contributed by atoms with E-state index < -0.39 is 0 Å². The lowest BCUT2D eigenvalue weighted by Gasteiger charge is -1.86. The molecule has 15 heavy (non-hydrogen) atoms. The Balaban J connectivity index is 2.06. The number of allylic oxidation sites excluding steroid dienone is 2. The van der Waals surface area contributed by atoms with Crippen molar-refractivity contribution in [2.75, 3.05) is 0 Å². The Kier molecular flexibility index (Phi) is 3.03. The smallest absolute Gasteiger partial charge is 0.263 e. The summed E-state index contributed by atoms with van der Waals surface area (Å²) in [4.78, 5) is 14.9. The minimum Gasteiger partial charge on any atom is -0.362 e. The van der Waals surface area contributed by atoms with Gasteiger partial charge in [-0.25, -0.2) is 0 Å². The highest BCUT2D eigenvalue weighted by Crippen LogP contribution is 2.23. The molecule has 1 aromatic rings. The van der Waals surface area contributed by atoms with Gasteiger partial charge in [0.25, 0.3) is 5.91 Å². The van der Waals surface area contributed by atoms with Crippen molar-refractivity contribution in [1.29, 1.82) is 0 Å². The minimum absolute atomic E-state index is 0.124. The van der Waals surface area contributed by atoms with E-state index in [1.165, 1.54) is 11.8 Å². The average molecular weight is 236 g/mol. The number of thioether (sulfide) groups is 1. The highest BCUT2D eigenvalue weighted by molar-refractivity contribution is 8.26. The third kappa shape index (κ3) is 2.57. The number of hydrogen-bond donors (Lipinski definition) is 2. The highest BCUT2D eigenvalue weighted by Gasteiger charge is 2.20. The fourth-order valence-electron chi connectivity index (χ4n) is 1.12. The lowest BCUT2D eigenvalue weighted by Crippen LogP contribution is -2.17. The maximum absolute atomic E-state index is 11.2. The molecule has 0 saturated carbocycles. The molecule has 0 unspecified atom stereocenters. The Morgan fingerprint density at radius 1 is 1.47 bits per heavy atom. The van der Waals surface area contributed by atoms with Crippen LogP contribution in [0.4, 0.5) is 0 Å². The molecule has 1 aromatic heterocycles. The van der Waals surface area contributed by atoms with E-state index in [1.54, 1.807) is 6.08 Å². The summed E-state index contributed by atoms with van der Waals surface area (Å²) < 4.78 is 0.513. The second-order valence-corrected chi connectivity index (χ2v) is 4.58. The molecule has 0 bridgehead atoms. The van der Waals surface area contributed by atoms with Crippen molar-refractivity contribution in [3.05, 3.63) is 41.1 Å². The summed E-state index contributed by atoms with van der Waals surface area (Å²) in [6.45, 7) is 0. The van der Waals surface area contributed by atoms with E-state index >= 15 is 0 Å². The second-order valence-electron chi connectivity index (χ2n) is 2.86. The molecule has 1 amide bonds. The minimum atomic E-state index is -0.124. The Morgan fingerprint density at radius 3 is 2.93 bits per heavy atom. The van der Waals surface area contributed by atoms with E-state index in [-0.39, 0.29) is 5.91 Å². The Morgan fingerprint density at radius 2 is 2.33 bits per heavy atom. The first-order chi connectivity index (χ1) is 7.25. The van der Waals surface area contributed by atoms with E-state index in [0.29, 0.717) is 9.23 Å². The van der Waals surface area contributed by atoms with Crippen molar-refractivity contribution < 1.29 is 4.79 Å². The first-order valence-electron chi connectivity index (χ1n) is 4.30. The molecule has 0 aromatic carbocycles. The quantitative estimate of drug-likeness (QED) is 0.610. The number of nitrogens with one attached hydrogen (secondary N) is 2. The lowest BCUT2D eigenvalue weighted by molar-refractivity contribution is -0.115. The van der Waals surface area contributed by atoms with E-state index in [9.17, 15) is 4.79 Å². The van der Waals surface area contributed by atoms with Gasteiger partial charge in [0, 0.05) is 11.9 Å². The molecule has 76 valence electrons. The van der Waals surface area contributed by atoms with E-state index in [4.69, 9.17) is 12.2 Å². The van der Waals surface area contributed by atoms with Gasteiger partial charge in [0.1, 0.15) is 4.32 Å². The zero-order valence-electron chi connectivity index (χ0n) is 7.69. The van der Waals surface area contributed by atoms with Crippen molar-refractivity contribution in [1.82, 2.24) is 10.3 Å². The maximum atomic E-state index is 11.2. The van der Waals surface area contributed by atoms with Crippen LogP contribution >= 0.6 is 24.0 Å². The number of amides is 1. The average Bonchev–Trinajstić information content (AvgIpc) is 2.77. The molecule has 1 fully saturated rings. The Labute approximate surface area is 96.6 Å². The summed E-state index contributed by atoms with van der Waals surface area (Å²) >= 11 is 6.14. The van der Waals surface area contributed by atoms with Gasteiger partial charge in [-0.05, 0) is 24.3 Å². The zero-order valence-corrected chi connectivity index (χ0v) is 9.32. The monoisotopic (exact) mass is 236 g/mol. The molecule has 1 aliphatic rings. The van der Waals surface area contributed by atoms with Gasteiger partial charge >= 0.3 is 0 Å². The van der Waals surface area contributed by atoms with Crippen LogP contribution in [0.15, 0.2) is 35.4 Å². The molecule has 0 spiro atoms. The number of H-pyrrole nitrogens is 1. The molecule has 2 rings (SSSR count). The third-order valence-electron chi connectivity index (χ3n) is 1.79. The van der Waals surface area contributed by atoms with Gasteiger partial charge < -0.3 is 10.3 Å². The fraction of sp³-hybridized carbons (Fsp3) is 0. The van der Waals surface area contributed by atoms with Gasteiger partial charge in [-0.3, -0.25) is 4.79 Å². The van der Waals surface area contributed by atoms with Crippen LogP contribution in [-0.4, -0.2) is 15.2 Å². The summed E-state index contributed by atoms with van der Waals surface area (Å²) in [7, 11) is 0. The maximum Gasteiger partial charge on any atom is 0.263 e. The third-order valence-corrected chi connectivity index (χ3v) is 2.97. The normalized spacial score (nSPS) is 19.1. The molecule has 0 aliphatic carbocycles. The molecule has 0 atom stereocenters. The van der Waals surface area contributed by atoms with Gasteiger partial charge in [-0.1, -0.05) is 30.1 Å². The van der Waals surface area contributed by atoms with Crippen molar-refractivity contribution in [3.63, 3.8) is 0 Å². The first kappa shape index (κ1) is 10.2. The number of rotatable bonds is 2. The molecular weight excluding hydrogens is 228 g/mol. The summed E-state index contributed by atoms with van der Waals surface area (Å²) in [5.74, 6) is -0.124. The number of carbonyl (C=O) groups excluding carboxylic acids is 1. The number of aromatic amines is 1. The van der Waals surface area contributed by atoms with Crippen LogP contribution in [0.5, 0.6) is 0 Å². The molecule has 1 aliphatic heterocycles. The van der Waals surface area contributed by atoms with Crippen molar-refractivity contribution in [2.24, 2.45) is 0 Å². The van der Waals surface area contributed by atoms with Crippen LogP contribution in [0.2, 0.25) is 0 Å².